The largest absolute Gasteiger partial charge is 0.494 e. The molecule has 12 heavy (non-hydrogen) atoms. The first-order chi connectivity index (χ1) is 5.66. The number of hydrogen-bond acceptors (Lipinski definition) is 3. The van der Waals surface area contributed by atoms with Gasteiger partial charge in [0, 0.05) is 0 Å². The van der Waals surface area contributed by atoms with Crippen LogP contribution in [-0.4, -0.2) is 12.9 Å². The molecule has 0 saturated heterocycles. The third-order valence-electron chi connectivity index (χ3n) is 1.54. The lowest BCUT2D eigenvalue weighted by Crippen LogP contribution is -2.13. The molecule has 0 aliphatic rings. The standard InChI is InChI=1S/C8H11N3O/c1-12-7-5(8(10)11)3-2-4-6(7)9/h2-4H,9H2,1H3,(H3,10,11). The van der Waals surface area contributed by atoms with E-state index >= 15 is 0 Å². The zero-order chi connectivity index (χ0) is 9.14. The van der Waals surface area contributed by atoms with Crippen LogP contribution in [0, 0.1) is 5.41 Å². The topological polar surface area (TPSA) is 85.1 Å². The number of nitrogens with two attached hydrogens (primary N) is 2. The van der Waals surface area contributed by atoms with Crippen LogP contribution >= 0.6 is 0 Å². The molecule has 5 N–H and O–H groups in total. The summed E-state index contributed by atoms with van der Waals surface area (Å²) in [5.41, 5.74) is 11.9. The highest BCUT2D eigenvalue weighted by Crippen LogP contribution is 2.24. The van der Waals surface area contributed by atoms with Gasteiger partial charge in [-0.2, -0.15) is 0 Å². The lowest BCUT2D eigenvalue weighted by molar-refractivity contribution is 0.416. The van der Waals surface area contributed by atoms with E-state index in [1.54, 1.807) is 18.2 Å². The molecule has 0 fully saturated rings. The van der Waals surface area contributed by atoms with Crippen molar-refractivity contribution in [3.05, 3.63) is 23.8 Å². The maximum atomic E-state index is 7.22. The molecule has 1 aromatic carbocycles. The van der Waals surface area contributed by atoms with Crippen LogP contribution in [0.25, 0.3) is 0 Å². The summed E-state index contributed by atoms with van der Waals surface area (Å²) in [5, 5.41) is 7.22. The Morgan fingerprint density at radius 2 is 2.17 bits per heavy atom. The van der Waals surface area contributed by atoms with Gasteiger partial charge in [-0.1, -0.05) is 6.07 Å². The normalized spacial score (nSPS) is 9.42. The van der Waals surface area contributed by atoms with E-state index in [1.807, 2.05) is 0 Å². The third kappa shape index (κ3) is 1.32. The van der Waals surface area contributed by atoms with E-state index < -0.39 is 0 Å². The highest BCUT2D eigenvalue weighted by atomic mass is 16.5. The van der Waals surface area contributed by atoms with Gasteiger partial charge >= 0.3 is 0 Å². The number of nitrogen functional groups attached to an aromatic ring is 2. The van der Waals surface area contributed by atoms with Crippen LogP contribution in [0.15, 0.2) is 18.2 Å². The van der Waals surface area contributed by atoms with E-state index in [4.69, 9.17) is 21.6 Å². The Labute approximate surface area is 70.6 Å². The predicted octanol–water partition coefficient (Wildman–Crippen LogP) is 0.561. The third-order valence-corrected chi connectivity index (χ3v) is 1.54. The summed E-state index contributed by atoms with van der Waals surface area (Å²) in [7, 11) is 1.50. The highest BCUT2D eigenvalue weighted by Gasteiger charge is 2.07. The minimum absolute atomic E-state index is 0.0425. The first-order valence-corrected chi connectivity index (χ1v) is 3.43. The molecule has 0 bridgehead atoms. The number of hydrogen-bond donors (Lipinski definition) is 3. The lowest BCUT2D eigenvalue weighted by atomic mass is 10.1. The molecule has 4 nitrogen and oxygen atoms in total. The van der Waals surface area contributed by atoms with Gasteiger partial charge in [0.15, 0.2) is 5.75 Å². The van der Waals surface area contributed by atoms with Crippen LogP contribution in [0.4, 0.5) is 5.69 Å². The van der Waals surface area contributed by atoms with Crippen LogP contribution in [0.5, 0.6) is 5.75 Å². The number of anilines is 1. The highest BCUT2D eigenvalue weighted by molar-refractivity contribution is 5.99. The molecule has 0 aliphatic heterocycles. The van der Waals surface area contributed by atoms with E-state index in [9.17, 15) is 0 Å². The number of rotatable bonds is 2. The molecular weight excluding hydrogens is 154 g/mol. The van der Waals surface area contributed by atoms with Gasteiger partial charge in [0.05, 0.1) is 18.4 Å². The van der Waals surface area contributed by atoms with Crippen molar-refractivity contribution in [1.29, 1.82) is 5.41 Å². The number of ether oxygens (including phenoxy) is 1. The summed E-state index contributed by atoms with van der Waals surface area (Å²) < 4.78 is 4.99. The van der Waals surface area contributed by atoms with E-state index in [-0.39, 0.29) is 5.84 Å². The molecule has 0 spiro atoms. The van der Waals surface area contributed by atoms with Crippen molar-refractivity contribution in [3.63, 3.8) is 0 Å². The van der Waals surface area contributed by atoms with E-state index in [0.717, 1.165) is 0 Å². The smallest absolute Gasteiger partial charge is 0.152 e. The zero-order valence-corrected chi connectivity index (χ0v) is 6.79. The first kappa shape index (κ1) is 8.39. The molecule has 0 amide bonds. The maximum Gasteiger partial charge on any atom is 0.152 e. The van der Waals surface area contributed by atoms with Gasteiger partial charge in [0.1, 0.15) is 5.84 Å². The monoisotopic (exact) mass is 165 g/mol. The Morgan fingerprint density at radius 3 is 2.58 bits per heavy atom. The van der Waals surface area contributed by atoms with Gasteiger partial charge < -0.3 is 16.2 Å². The molecule has 1 aromatic rings. The van der Waals surface area contributed by atoms with E-state index in [2.05, 4.69) is 0 Å². The minimum Gasteiger partial charge on any atom is -0.494 e. The molecule has 0 saturated carbocycles. The second-order valence-electron chi connectivity index (χ2n) is 2.34. The predicted molar refractivity (Wildman–Crippen MR) is 48.4 cm³/mol. The van der Waals surface area contributed by atoms with Crippen LogP contribution in [0.3, 0.4) is 0 Å². The molecule has 0 aromatic heterocycles. The molecule has 0 heterocycles. The average molecular weight is 165 g/mol. The Bertz CT molecular complexity index is 309. The van der Waals surface area contributed by atoms with Gasteiger partial charge in [0.2, 0.25) is 0 Å². The molecule has 0 radical (unpaired) electrons. The summed E-state index contributed by atoms with van der Waals surface area (Å²) in [5.74, 6) is 0.421. The minimum atomic E-state index is -0.0425. The molecular formula is C8H11N3O. The molecule has 0 unspecified atom stereocenters. The number of amidine groups is 1. The van der Waals surface area contributed by atoms with Crippen molar-refractivity contribution in [2.24, 2.45) is 5.73 Å². The molecule has 0 atom stereocenters. The summed E-state index contributed by atoms with van der Waals surface area (Å²) >= 11 is 0. The van der Waals surface area contributed by atoms with Crippen molar-refractivity contribution in [3.8, 4) is 5.75 Å². The van der Waals surface area contributed by atoms with Gasteiger partial charge in [-0.3, -0.25) is 5.41 Å². The Hall–Kier alpha value is -1.71. The fourth-order valence-corrected chi connectivity index (χ4v) is 0.995. The second kappa shape index (κ2) is 3.13. The van der Waals surface area contributed by atoms with Crippen LogP contribution < -0.4 is 16.2 Å². The van der Waals surface area contributed by atoms with Crippen LogP contribution in [-0.2, 0) is 0 Å². The van der Waals surface area contributed by atoms with Crippen molar-refractivity contribution < 1.29 is 4.74 Å². The van der Waals surface area contributed by atoms with Gasteiger partial charge in [-0.25, -0.2) is 0 Å². The van der Waals surface area contributed by atoms with Gasteiger partial charge in [-0.05, 0) is 12.1 Å². The average Bonchev–Trinajstić information content (AvgIpc) is 2.03. The summed E-state index contributed by atoms with van der Waals surface area (Å²) in [6.07, 6.45) is 0. The maximum absolute atomic E-state index is 7.22. The second-order valence-corrected chi connectivity index (χ2v) is 2.34. The quantitative estimate of drug-likeness (QED) is 0.340. The van der Waals surface area contributed by atoms with Gasteiger partial charge in [0.25, 0.3) is 0 Å². The number of benzene rings is 1. The Balaban J connectivity index is 3.27. The SMILES string of the molecule is COc1c(N)cccc1C(=N)N. The Morgan fingerprint density at radius 1 is 1.50 bits per heavy atom. The number of methoxy groups -OCH3 is 1. The molecule has 64 valence electrons. The van der Waals surface area contributed by atoms with Crippen LogP contribution in [0.1, 0.15) is 5.56 Å². The Kier molecular flexibility index (Phi) is 2.19. The van der Waals surface area contributed by atoms with Crippen molar-refractivity contribution in [1.82, 2.24) is 0 Å². The fraction of sp³-hybridized carbons (Fsp3) is 0.125. The fourth-order valence-electron chi connectivity index (χ4n) is 0.995. The lowest BCUT2D eigenvalue weighted by Gasteiger charge is -2.08. The van der Waals surface area contributed by atoms with Crippen LogP contribution in [0.2, 0.25) is 0 Å². The molecule has 4 heteroatoms. The van der Waals surface area contributed by atoms with Crippen molar-refractivity contribution >= 4 is 11.5 Å². The van der Waals surface area contributed by atoms with Gasteiger partial charge in [-0.15, -0.1) is 0 Å². The van der Waals surface area contributed by atoms with E-state index in [0.29, 0.717) is 17.0 Å². The summed E-state index contributed by atoms with van der Waals surface area (Å²) in [4.78, 5) is 0. The summed E-state index contributed by atoms with van der Waals surface area (Å²) in [6, 6.07) is 5.12. The van der Waals surface area contributed by atoms with E-state index in [1.165, 1.54) is 7.11 Å². The molecule has 1 rings (SSSR count). The zero-order valence-electron chi connectivity index (χ0n) is 6.79. The number of para-hydroxylation sites is 1. The first-order valence-electron chi connectivity index (χ1n) is 3.43. The van der Waals surface area contributed by atoms with Crippen molar-refractivity contribution in [2.45, 2.75) is 0 Å². The number of nitrogens with one attached hydrogen (secondary N) is 1. The summed E-state index contributed by atoms with van der Waals surface area (Å²) in [6.45, 7) is 0. The molecule has 0 aliphatic carbocycles. The van der Waals surface area contributed by atoms with Crippen molar-refractivity contribution in [2.75, 3.05) is 12.8 Å².